The summed E-state index contributed by atoms with van der Waals surface area (Å²) >= 11 is 3.58. The maximum absolute atomic E-state index is 4.55. The van der Waals surface area contributed by atoms with E-state index in [1.165, 1.54) is 6.08 Å². The van der Waals surface area contributed by atoms with E-state index < -0.39 is 0 Å². The zero-order chi connectivity index (χ0) is 8.69. The number of nitrogens with one attached hydrogen (secondary N) is 1. The van der Waals surface area contributed by atoms with Crippen LogP contribution in [0.1, 0.15) is 6.92 Å². The molecule has 0 aliphatic rings. The molecule has 62 valence electrons. The van der Waals surface area contributed by atoms with Crippen LogP contribution in [0.25, 0.3) is 0 Å². The summed E-state index contributed by atoms with van der Waals surface area (Å²) in [7, 11) is 1.82. The third kappa shape index (κ3) is 4.50. The zero-order valence-corrected chi connectivity index (χ0v) is 7.56. The van der Waals surface area contributed by atoms with Crippen LogP contribution in [0.3, 0.4) is 0 Å². The molecule has 0 amide bonds. The normalized spacial score (nSPS) is 12.6. The molecule has 0 heterocycles. The van der Waals surface area contributed by atoms with Crippen LogP contribution in [-0.2, 0) is 4.18 Å². The van der Waals surface area contributed by atoms with Crippen molar-refractivity contribution in [3.63, 3.8) is 0 Å². The molecule has 0 rings (SSSR count). The monoisotopic (exact) mass is 172 g/mol. The predicted octanol–water partition coefficient (Wildman–Crippen LogP) is 1.51. The third-order valence-electron chi connectivity index (χ3n) is 1.05. The highest BCUT2D eigenvalue weighted by molar-refractivity contribution is 7.75. The van der Waals surface area contributed by atoms with Gasteiger partial charge >= 0.3 is 0 Å². The molecule has 0 aromatic heterocycles. The minimum atomic E-state index is 0.378. The standard InChI is InChI=1S/C7H12N2OS/c1-4-7(10-11)9-5-6(2)8-3/h4-5,8,11H,1H2,2-3H3/b6-5+,9-7+. The Morgan fingerprint density at radius 2 is 2.36 bits per heavy atom. The highest BCUT2D eigenvalue weighted by Gasteiger charge is 1.86. The van der Waals surface area contributed by atoms with Gasteiger partial charge in [0.05, 0.1) is 0 Å². The van der Waals surface area contributed by atoms with Gasteiger partial charge < -0.3 is 9.50 Å². The van der Waals surface area contributed by atoms with Crippen molar-refractivity contribution in [3.8, 4) is 0 Å². The Morgan fingerprint density at radius 1 is 1.73 bits per heavy atom. The lowest BCUT2D eigenvalue weighted by molar-refractivity contribution is 0.663. The first-order valence-electron chi connectivity index (χ1n) is 3.10. The molecule has 4 heteroatoms. The lowest BCUT2D eigenvalue weighted by Crippen LogP contribution is -2.01. The molecule has 0 atom stereocenters. The first-order valence-corrected chi connectivity index (χ1v) is 3.47. The van der Waals surface area contributed by atoms with Crippen LogP contribution in [0.4, 0.5) is 0 Å². The van der Waals surface area contributed by atoms with Gasteiger partial charge in [-0.05, 0) is 13.0 Å². The average molecular weight is 172 g/mol. The number of nitrogens with zero attached hydrogens (tertiary/aromatic N) is 1. The average Bonchev–Trinajstić information content (AvgIpc) is 2.06. The van der Waals surface area contributed by atoms with Crippen LogP contribution in [0.5, 0.6) is 0 Å². The van der Waals surface area contributed by atoms with Gasteiger partial charge in [-0.25, -0.2) is 4.99 Å². The van der Waals surface area contributed by atoms with Crippen molar-refractivity contribution in [2.75, 3.05) is 7.05 Å². The number of allylic oxidation sites excluding steroid dienone is 1. The first-order chi connectivity index (χ1) is 5.24. The van der Waals surface area contributed by atoms with Crippen molar-refractivity contribution in [2.45, 2.75) is 6.92 Å². The molecular weight excluding hydrogens is 160 g/mol. The molecule has 0 aromatic carbocycles. The van der Waals surface area contributed by atoms with Crippen molar-refractivity contribution in [1.29, 1.82) is 0 Å². The molecule has 1 N–H and O–H groups in total. The molecular formula is C7H12N2OS. The van der Waals surface area contributed by atoms with E-state index >= 15 is 0 Å². The molecule has 0 unspecified atom stereocenters. The van der Waals surface area contributed by atoms with Crippen molar-refractivity contribution in [2.24, 2.45) is 4.99 Å². The number of hydrogen-bond donors (Lipinski definition) is 2. The summed E-state index contributed by atoms with van der Waals surface area (Å²) in [5, 5.41) is 2.91. The second-order valence-corrected chi connectivity index (χ2v) is 2.01. The number of hydrogen-bond acceptors (Lipinski definition) is 4. The maximum atomic E-state index is 4.55. The Balaban J connectivity index is 4.17. The van der Waals surface area contributed by atoms with Crippen LogP contribution in [0, 0.1) is 0 Å². The van der Waals surface area contributed by atoms with Crippen LogP contribution < -0.4 is 5.32 Å². The maximum Gasteiger partial charge on any atom is 0.226 e. The van der Waals surface area contributed by atoms with E-state index in [1.54, 1.807) is 6.20 Å². The van der Waals surface area contributed by atoms with E-state index in [2.05, 4.69) is 34.0 Å². The molecule has 0 saturated heterocycles. The van der Waals surface area contributed by atoms with E-state index in [0.29, 0.717) is 5.90 Å². The fourth-order valence-electron chi connectivity index (χ4n) is 0.339. The van der Waals surface area contributed by atoms with Gasteiger partial charge in [0.2, 0.25) is 5.90 Å². The van der Waals surface area contributed by atoms with Crippen LogP contribution in [0.2, 0.25) is 0 Å². The largest absolute Gasteiger partial charge is 0.409 e. The second-order valence-electron chi connectivity index (χ2n) is 1.82. The van der Waals surface area contributed by atoms with Gasteiger partial charge in [0.1, 0.15) is 0 Å². The molecule has 11 heavy (non-hydrogen) atoms. The lowest BCUT2D eigenvalue weighted by Gasteiger charge is -1.96. The van der Waals surface area contributed by atoms with Crippen molar-refractivity contribution >= 4 is 18.8 Å². The predicted molar refractivity (Wildman–Crippen MR) is 50.5 cm³/mol. The van der Waals surface area contributed by atoms with Crippen molar-refractivity contribution < 1.29 is 4.18 Å². The Kier molecular flexibility index (Phi) is 5.37. The summed E-state index contributed by atoms with van der Waals surface area (Å²) in [6.07, 6.45) is 3.11. The fraction of sp³-hybridized carbons (Fsp3) is 0.286. The summed E-state index contributed by atoms with van der Waals surface area (Å²) in [6.45, 7) is 5.37. The number of thiol groups is 1. The van der Waals surface area contributed by atoms with Gasteiger partial charge in [0.25, 0.3) is 0 Å². The molecule has 0 radical (unpaired) electrons. The summed E-state index contributed by atoms with van der Waals surface area (Å²) < 4.78 is 4.55. The van der Waals surface area contributed by atoms with Crippen LogP contribution in [0.15, 0.2) is 29.5 Å². The molecule has 0 spiro atoms. The fourth-order valence-corrected chi connectivity index (χ4v) is 0.460. The SMILES string of the molecule is C=C/C(=N\C=C(/C)NC)OS. The third-order valence-corrected chi connectivity index (χ3v) is 1.23. The Morgan fingerprint density at radius 3 is 2.73 bits per heavy atom. The zero-order valence-electron chi connectivity index (χ0n) is 6.66. The summed E-state index contributed by atoms with van der Waals surface area (Å²) in [4.78, 5) is 3.91. The number of rotatable bonds is 3. The van der Waals surface area contributed by atoms with Crippen LogP contribution >= 0.6 is 12.9 Å². The highest BCUT2D eigenvalue weighted by Crippen LogP contribution is 1.91. The minimum Gasteiger partial charge on any atom is -0.409 e. The van der Waals surface area contributed by atoms with Crippen LogP contribution in [-0.4, -0.2) is 12.9 Å². The van der Waals surface area contributed by atoms with Crippen molar-refractivity contribution in [3.05, 3.63) is 24.6 Å². The minimum absolute atomic E-state index is 0.378. The smallest absolute Gasteiger partial charge is 0.226 e. The summed E-state index contributed by atoms with van der Waals surface area (Å²) in [6, 6.07) is 0. The molecule has 0 aliphatic heterocycles. The van der Waals surface area contributed by atoms with Crippen molar-refractivity contribution in [1.82, 2.24) is 5.32 Å². The molecule has 0 aromatic rings. The quantitative estimate of drug-likeness (QED) is 0.293. The molecule has 0 aliphatic carbocycles. The van der Waals surface area contributed by atoms with Gasteiger partial charge in [0.15, 0.2) is 0 Å². The van der Waals surface area contributed by atoms with E-state index in [1.807, 2.05) is 14.0 Å². The number of aliphatic imine (C=N–C) groups is 1. The van der Waals surface area contributed by atoms with Gasteiger partial charge in [-0.2, -0.15) is 0 Å². The van der Waals surface area contributed by atoms with Gasteiger partial charge in [0, 0.05) is 31.9 Å². The first kappa shape index (κ1) is 10.1. The van der Waals surface area contributed by atoms with E-state index in [4.69, 9.17) is 0 Å². The van der Waals surface area contributed by atoms with E-state index in [0.717, 1.165) is 5.70 Å². The molecule has 0 fully saturated rings. The Labute approximate surface area is 72.5 Å². The van der Waals surface area contributed by atoms with Gasteiger partial charge in [-0.15, -0.1) is 0 Å². The van der Waals surface area contributed by atoms with Gasteiger partial charge in [-0.1, -0.05) is 6.58 Å². The molecule has 3 nitrogen and oxygen atoms in total. The molecule has 0 bridgehead atoms. The Hall–Kier alpha value is -0.900. The lowest BCUT2D eigenvalue weighted by atomic mass is 10.5. The highest BCUT2D eigenvalue weighted by atomic mass is 32.1. The second kappa shape index (κ2) is 5.85. The summed E-state index contributed by atoms with van der Waals surface area (Å²) in [5.41, 5.74) is 0.940. The molecule has 0 saturated carbocycles. The van der Waals surface area contributed by atoms with Gasteiger partial charge in [-0.3, -0.25) is 0 Å². The van der Waals surface area contributed by atoms with E-state index in [9.17, 15) is 0 Å². The van der Waals surface area contributed by atoms with E-state index in [-0.39, 0.29) is 0 Å². The summed E-state index contributed by atoms with van der Waals surface area (Å²) in [5.74, 6) is 0.378. The topological polar surface area (TPSA) is 33.6 Å². The Bertz CT molecular complexity index is 187.